The number of nitrogens with one attached hydrogen (secondary N) is 3. The molecule has 7 nitrogen and oxygen atoms in total. The zero-order chi connectivity index (χ0) is 18.4. The molecule has 0 aliphatic rings. The molecule has 1 unspecified atom stereocenters. The van der Waals surface area contributed by atoms with E-state index in [9.17, 15) is 14.4 Å². The van der Waals surface area contributed by atoms with Gasteiger partial charge in [-0.2, -0.15) is 0 Å². The number of benzene rings is 1. The molecule has 0 radical (unpaired) electrons. The van der Waals surface area contributed by atoms with Gasteiger partial charge in [0.2, 0.25) is 11.8 Å². The second-order valence-corrected chi connectivity index (χ2v) is 5.04. The highest BCUT2D eigenvalue weighted by molar-refractivity contribution is 5.86. The van der Waals surface area contributed by atoms with Gasteiger partial charge in [0.1, 0.15) is 6.04 Å². The minimum atomic E-state index is -0.793. The maximum absolute atomic E-state index is 11.4. The summed E-state index contributed by atoms with van der Waals surface area (Å²) in [6.45, 7) is 2.19. The lowest BCUT2D eigenvalue weighted by Crippen LogP contribution is -2.45. The number of carbonyl (C=O) groups is 3. The summed E-state index contributed by atoms with van der Waals surface area (Å²) < 4.78 is 4.55. The van der Waals surface area contributed by atoms with E-state index in [4.69, 9.17) is 0 Å². The molecule has 0 aromatic heterocycles. The average molecular weight is 337 g/mol. The van der Waals surface area contributed by atoms with Crippen molar-refractivity contribution in [1.29, 1.82) is 0 Å². The van der Waals surface area contributed by atoms with E-state index in [0.717, 1.165) is 0 Å². The molecule has 0 heterocycles. The number of methoxy groups -OCH3 is 1. The van der Waals surface area contributed by atoms with Crippen LogP contribution >= 0.6 is 0 Å². The second-order valence-electron chi connectivity index (χ2n) is 5.04. The number of rotatable bonds is 7. The number of aryl methyl sites for hydroxylation is 1. The van der Waals surface area contributed by atoms with Gasteiger partial charge in [0.05, 0.1) is 13.7 Å². The van der Waals surface area contributed by atoms with Gasteiger partial charge in [0, 0.05) is 13.5 Å². The highest BCUT2D eigenvalue weighted by atomic mass is 16.5. The summed E-state index contributed by atoms with van der Waals surface area (Å²) in [6.07, 6.45) is 0.359. The van der Waals surface area contributed by atoms with Crippen LogP contribution in [0.2, 0.25) is 0 Å². The van der Waals surface area contributed by atoms with Gasteiger partial charge < -0.3 is 20.7 Å². The summed E-state index contributed by atoms with van der Waals surface area (Å²) in [5.41, 5.74) is 1.32. The molecule has 1 aromatic rings. The Balaban J connectivity index is 0.000000620. The van der Waals surface area contributed by atoms with E-state index in [1.54, 1.807) is 7.05 Å². The van der Waals surface area contributed by atoms with E-state index in [1.807, 2.05) is 18.2 Å². The smallest absolute Gasteiger partial charge is 0.328 e. The van der Waals surface area contributed by atoms with Crippen molar-refractivity contribution in [2.45, 2.75) is 25.8 Å². The molecule has 2 amide bonds. The molecule has 0 fully saturated rings. The molecule has 1 atom stereocenters. The molecule has 0 bridgehead atoms. The van der Waals surface area contributed by atoms with E-state index in [-0.39, 0.29) is 31.2 Å². The number of carbonyl (C=O) groups excluding carboxylic acids is 3. The molecule has 0 saturated heterocycles. The molecule has 1 aromatic carbocycles. The lowest BCUT2D eigenvalue weighted by atomic mass is 10.1. The van der Waals surface area contributed by atoms with Gasteiger partial charge in [0.25, 0.3) is 0 Å². The zero-order valence-electron chi connectivity index (χ0n) is 14.7. The maximum Gasteiger partial charge on any atom is 0.328 e. The zero-order valence-corrected chi connectivity index (χ0v) is 14.7. The lowest BCUT2D eigenvalue weighted by molar-refractivity contribution is -0.145. The van der Waals surface area contributed by atoms with Crippen LogP contribution in [0.4, 0.5) is 0 Å². The van der Waals surface area contributed by atoms with Gasteiger partial charge in [-0.15, -0.1) is 0 Å². The Morgan fingerprint density at radius 2 is 1.71 bits per heavy atom. The third kappa shape index (κ3) is 10.3. The van der Waals surface area contributed by atoms with E-state index in [0.29, 0.717) is 0 Å². The average Bonchev–Trinajstić information content (AvgIpc) is 2.59. The van der Waals surface area contributed by atoms with Crippen molar-refractivity contribution in [2.75, 3.05) is 27.7 Å². The van der Waals surface area contributed by atoms with Crippen LogP contribution < -0.4 is 16.0 Å². The van der Waals surface area contributed by atoms with Crippen LogP contribution in [0.3, 0.4) is 0 Å². The Bertz CT molecular complexity index is 506. The molecule has 1 rings (SSSR count). The molecular weight excluding hydrogens is 310 g/mol. The van der Waals surface area contributed by atoms with Crippen molar-refractivity contribution in [1.82, 2.24) is 16.0 Å². The first-order valence-electron chi connectivity index (χ1n) is 7.68. The van der Waals surface area contributed by atoms with Gasteiger partial charge in [-0.3, -0.25) is 9.59 Å². The third-order valence-electron chi connectivity index (χ3n) is 3.04. The highest BCUT2D eigenvalue weighted by Crippen LogP contribution is 2.00. The standard InChI is InChI=1S/C10H19N3O4.C7H8/c1-11-6-9(15)13-7(10(16)17-3)4-5-8(14)12-2;1-7-5-3-2-4-6-7/h7,11H,4-6H2,1-3H3,(H,12,14)(H,13,15);2-6H,1H3. The predicted molar refractivity (Wildman–Crippen MR) is 92.4 cm³/mol. The Labute approximate surface area is 143 Å². The van der Waals surface area contributed by atoms with Crippen LogP contribution in [0.1, 0.15) is 18.4 Å². The molecule has 0 saturated carbocycles. The monoisotopic (exact) mass is 337 g/mol. The quantitative estimate of drug-likeness (QED) is 0.625. The van der Waals surface area contributed by atoms with Crippen molar-refractivity contribution in [3.05, 3.63) is 35.9 Å². The fourth-order valence-corrected chi connectivity index (χ4v) is 1.73. The summed E-state index contributed by atoms with van der Waals surface area (Å²) in [4.78, 5) is 33.7. The normalized spacial score (nSPS) is 10.7. The Morgan fingerprint density at radius 1 is 1.08 bits per heavy atom. The molecule has 7 heteroatoms. The Hall–Kier alpha value is -2.41. The number of amides is 2. The van der Waals surface area contributed by atoms with Gasteiger partial charge >= 0.3 is 5.97 Å². The van der Waals surface area contributed by atoms with Crippen molar-refractivity contribution >= 4 is 17.8 Å². The Morgan fingerprint density at radius 3 is 2.12 bits per heavy atom. The minimum absolute atomic E-state index is 0.105. The van der Waals surface area contributed by atoms with Crippen LogP contribution in [-0.4, -0.2) is 51.6 Å². The first-order chi connectivity index (χ1) is 11.4. The molecular formula is C17H27N3O4. The van der Waals surface area contributed by atoms with E-state index in [1.165, 1.54) is 19.7 Å². The van der Waals surface area contributed by atoms with E-state index >= 15 is 0 Å². The Kier molecular flexibility index (Phi) is 11.8. The van der Waals surface area contributed by atoms with Gasteiger partial charge in [-0.05, 0) is 20.4 Å². The number of esters is 1. The van der Waals surface area contributed by atoms with Crippen LogP contribution in [0.15, 0.2) is 30.3 Å². The summed E-state index contributed by atoms with van der Waals surface area (Å²) in [6, 6.07) is 9.47. The van der Waals surface area contributed by atoms with E-state index in [2.05, 4.69) is 39.7 Å². The third-order valence-corrected chi connectivity index (χ3v) is 3.04. The largest absolute Gasteiger partial charge is 0.467 e. The van der Waals surface area contributed by atoms with Crippen molar-refractivity contribution in [2.24, 2.45) is 0 Å². The highest BCUT2D eigenvalue weighted by Gasteiger charge is 2.21. The van der Waals surface area contributed by atoms with Gasteiger partial charge in [-0.25, -0.2) is 4.79 Å². The summed E-state index contributed by atoms with van der Waals surface area (Å²) in [7, 11) is 4.37. The van der Waals surface area contributed by atoms with Crippen LogP contribution in [0, 0.1) is 6.92 Å². The maximum atomic E-state index is 11.4. The summed E-state index contributed by atoms with van der Waals surface area (Å²) in [5.74, 6) is -1.07. The predicted octanol–water partition coefficient (Wildman–Crippen LogP) is 0.385. The summed E-state index contributed by atoms with van der Waals surface area (Å²) >= 11 is 0. The first-order valence-corrected chi connectivity index (χ1v) is 7.68. The van der Waals surface area contributed by atoms with Crippen LogP contribution in [-0.2, 0) is 19.1 Å². The SMILES string of the molecule is CNCC(=O)NC(CCC(=O)NC)C(=O)OC.Cc1ccccc1. The number of likely N-dealkylation sites (N-methyl/N-ethyl adjacent to an activating group) is 1. The topological polar surface area (TPSA) is 96.5 Å². The number of hydrogen-bond donors (Lipinski definition) is 3. The molecule has 0 aliphatic carbocycles. The van der Waals surface area contributed by atoms with Gasteiger partial charge in [-0.1, -0.05) is 35.9 Å². The molecule has 134 valence electrons. The second kappa shape index (κ2) is 13.1. The van der Waals surface area contributed by atoms with Crippen molar-refractivity contribution in [3.8, 4) is 0 Å². The fourth-order valence-electron chi connectivity index (χ4n) is 1.73. The van der Waals surface area contributed by atoms with Crippen LogP contribution in [0.5, 0.6) is 0 Å². The van der Waals surface area contributed by atoms with E-state index < -0.39 is 12.0 Å². The summed E-state index contributed by atoms with van der Waals surface area (Å²) in [5, 5.41) is 7.59. The van der Waals surface area contributed by atoms with Crippen molar-refractivity contribution < 1.29 is 19.1 Å². The minimum Gasteiger partial charge on any atom is -0.467 e. The first kappa shape index (κ1) is 21.6. The van der Waals surface area contributed by atoms with Gasteiger partial charge in [0.15, 0.2) is 0 Å². The fraction of sp³-hybridized carbons (Fsp3) is 0.471. The molecule has 0 spiro atoms. The molecule has 0 aliphatic heterocycles. The van der Waals surface area contributed by atoms with Crippen LogP contribution in [0.25, 0.3) is 0 Å². The molecule has 24 heavy (non-hydrogen) atoms. The number of ether oxygens (including phenoxy) is 1. The number of hydrogen-bond acceptors (Lipinski definition) is 5. The van der Waals surface area contributed by atoms with Crippen molar-refractivity contribution in [3.63, 3.8) is 0 Å². The molecule has 3 N–H and O–H groups in total. The lowest BCUT2D eigenvalue weighted by Gasteiger charge is -2.15.